The molecule has 19 heteroatoms. The molecule has 0 spiro atoms. The van der Waals surface area contributed by atoms with E-state index in [-0.39, 0.29) is 17.4 Å². The van der Waals surface area contributed by atoms with Crippen LogP contribution in [0, 0.1) is 0 Å². The fourth-order valence-electron chi connectivity index (χ4n) is 2.79. The highest BCUT2D eigenvalue weighted by atomic mass is 19.4. The molecule has 0 saturated carbocycles. The minimum absolute atomic E-state index is 0.0285. The second-order valence-corrected chi connectivity index (χ2v) is 6.99. The first-order valence-corrected chi connectivity index (χ1v) is 10.1. The van der Waals surface area contributed by atoms with E-state index in [1.807, 2.05) is 4.90 Å². The normalized spacial score (nSPS) is 13.7. The van der Waals surface area contributed by atoms with Gasteiger partial charge in [0.2, 0.25) is 5.96 Å². The highest BCUT2D eigenvalue weighted by Gasteiger charge is 2.39. The second kappa shape index (κ2) is 12.0. The van der Waals surface area contributed by atoms with Crippen LogP contribution in [0.5, 0.6) is 11.5 Å². The molecule has 13 nitrogen and oxygen atoms in total. The second-order valence-electron chi connectivity index (χ2n) is 6.99. The first-order chi connectivity index (χ1) is 18.1. The summed E-state index contributed by atoms with van der Waals surface area (Å²) in [5.74, 6) is -4.68. The lowest BCUT2D eigenvalue weighted by Gasteiger charge is -2.28. The van der Waals surface area contributed by atoms with Crippen molar-refractivity contribution in [2.75, 3.05) is 20.2 Å². The molecule has 2 aromatic rings. The maximum absolute atomic E-state index is 12.4. The van der Waals surface area contributed by atoms with Crippen LogP contribution in [0.3, 0.4) is 0 Å². The molecular formula is C20H16F6N6O7. The molecule has 0 bridgehead atoms. The van der Waals surface area contributed by atoms with Gasteiger partial charge in [0.1, 0.15) is 17.9 Å². The van der Waals surface area contributed by atoms with Gasteiger partial charge in [0.05, 0.1) is 19.2 Å². The van der Waals surface area contributed by atoms with Crippen molar-refractivity contribution < 1.29 is 60.8 Å². The van der Waals surface area contributed by atoms with E-state index in [1.54, 1.807) is 6.07 Å². The Morgan fingerprint density at radius 1 is 1.00 bits per heavy atom. The molecule has 1 aromatic carbocycles. The van der Waals surface area contributed by atoms with Crippen LogP contribution in [0.2, 0.25) is 0 Å². The summed E-state index contributed by atoms with van der Waals surface area (Å²) >= 11 is 0. The Labute approximate surface area is 213 Å². The number of methoxy groups -OCH3 is 1. The number of carbonyl (C=O) groups is 3. The monoisotopic (exact) mass is 566 g/mol. The smallest absolute Gasteiger partial charge is 0.490 e. The van der Waals surface area contributed by atoms with Crippen molar-refractivity contribution in [2.45, 2.75) is 12.4 Å². The topological polar surface area (TPSA) is 187 Å². The summed E-state index contributed by atoms with van der Waals surface area (Å²) in [4.78, 5) is 48.7. The molecule has 0 atom stereocenters. The van der Waals surface area contributed by atoms with Gasteiger partial charge in [-0.3, -0.25) is 20.0 Å². The quantitative estimate of drug-likeness (QED) is 0.392. The third-order valence-electron chi connectivity index (χ3n) is 4.40. The molecule has 1 amide bonds. The highest BCUT2D eigenvalue weighted by Crippen LogP contribution is 2.42. The molecule has 4 rings (SSSR count). The summed E-state index contributed by atoms with van der Waals surface area (Å²) in [5, 5.41) is 27.0. The summed E-state index contributed by atoms with van der Waals surface area (Å²) in [7, 11) is 1.45. The summed E-state index contributed by atoms with van der Waals surface area (Å²) in [5.41, 5.74) is 1.49. The van der Waals surface area contributed by atoms with Gasteiger partial charge in [-0.1, -0.05) is 0 Å². The van der Waals surface area contributed by atoms with E-state index in [1.165, 1.54) is 31.9 Å². The van der Waals surface area contributed by atoms with Crippen LogP contribution in [0.1, 0.15) is 15.9 Å². The Morgan fingerprint density at radius 3 is 2.03 bits per heavy atom. The van der Waals surface area contributed by atoms with Crippen LogP contribution in [0.25, 0.3) is 0 Å². The maximum atomic E-state index is 12.4. The predicted octanol–water partition coefficient (Wildman–Crippen LogP) is 1.95. The van der Waals surface area contributed by atoms with Gasteiger partial charge in [0.25, 0.3) is 5.91 Å². The van der Waals surface area contributed by atoms with Gasteiger partial charge < -0.3 is 20.1 Å². The van der Waals surface area contributed by atoms with Gasteiger partial charge in [-0.25, -0.2) is 24.5 Å². The molecule has 210 valence electrons. The number of aromatic nitrogens is 2. The average molecular weight is 566 g/mol. The number of benzene rings is 1. The minimum Gasteiger partial charge on any atom is -0.504 e. The van der Waals surface area contributed by atoms with E-state index in [4.69, 9.17) is 24.5 Å². The lowest BCUT2D eigenvalue weighted by molar-refractivity contribution is -0.193. The van der Waals surface area contributed by atoms with Gasteiger partial charge in [0.15, 0.2) is 11.5 Å². The average Bonchev–Trinajstić information content (AvgIpc) is 3.35. The number of halogens is 6. The fourth-order valence-corrected chi connectivity index (χ4v) is 2.79. The predicted molar refractivity (Wildman–Crippen MR) is 117 cm³/mol. The number of amidine groups is 1. The Bertz CT molecular complexity index is 1270. The SMILES string of the molecule is COc1c(O)ccc2c1N=C(NC(=O)c1cncnc1)N1CCN=C21.O=C(O)C(F)(F)F.O=C(O)C(F)(F)F. The van der Waals surface area contributed by atoms with Crippen LogP contribution in [-0.4, -0.2) is 92.4 Å². The number of fused-ring (bicyclic) bond motifs is 3. The number of hydrogen-bond donors (Lipinski definition) is 4. The van der Waals surface area contributed by atoms with Crippen molar-refractivity contribution in [3.63, 3.8) is 0 Å². The number of nitrogens with zero attached hydrogens (tertiary/aromatic N) is 5. The van der Waals surface area contributed by atoms with E-state index in [9.17, 15) is 36.2 Å². The molecule has 0 fully saturated rings. The van der Waals surface area contributed by atoms with Gasteiger partial charge >= 0.3 is 24.3 Å². The number of phenolic OH excluding ortho intramolecular Hbond substituents is 1. The number of phenols is 1. The number of alkyl halides is 6. The van der Waals surface area contributed by atoms with E-state index < -0.39 is 24.3 Å². The molecule has 0 saturated heterocycles. The Balaban J connectivity index is 0.000000317. The number of carbonyl (C=O) groups excluding carboxylic acids is 1. The zero-order valence-electron chi connectivity index (χ0n) is 19.3. The molecular weight excluding hydrogens is 550 g/mol. The summed E-state index contributed by atoms with van der Waals surface area (Å²) < 4.78 is 68.7. The van der Waals surface area contributed by atoms with Gasteiger partial charge in [-0.05, 0) is 12.1 Å². The largest absolute Gasteiger partial charge is 0.504 e. The number of carboxylic acids is 2. The molecule has 0 aliphatic carbocycles. The minimum atomic E-state index is -5.08. The lowest BCUT2D eigenvalue weighted by Crippen LogP contribution is -2.47. The molecule has 2 aliphatic heterocycles. The molecule has 39 heavy (non-hydrogen) atoms. The van der Waals surface area contributed by atoms with E-state index in [0.717, 1.165) is 5.56 Å². The first kappa shape index (κ1) is 30.3. The Hall–Kier alpha value is -4.97. The summed E-state index contributed by atoms with van der Waals surface area (Å²) in [6, 6.07) is 3.27. The highest BCUT2D eigenvalue weighted by molar-refractivity contribution is 6.20. The number of hydrogen-bond acceptors (Lipinski definition) is 10. The number of nitrogens with one attached hydrogen (secondary N) is 1. The number of carboxylic acid groups (broad SMARTS) is 2. The lowest BCUT2D eigenvalue weighted by atomic mass is 10.1. The van der Waals surface area contributed by atoms with Gasteiger partial charge in [-0.15, -0.1) is 0 Å². The Kier molecular flexibility index (Phi) is 9.35. The fraction of sp³-hybridized carbons (Fsp3) is 0.250. The van der Waals surface area contributed by atoms with E-state index >= 15 is 0 Å². The van der Waals surface area contributed by atoms with Crippen LogP contribution in [0.15, 0.2) is 40.8 Å². The number of rotatable bonds is 2. The van der Waals surface area contributed by atoms with Crippen molar-refractivity contribution >= 4 is 35.3 Å². The summed E-state index contributed by atoms with van der Waals surface area (Å²) in [6.07, 6.45) is -5.97. The third kappa shape index (κ3) is 7.76. The van der Waals surface area contributed by atoms with Crippen molar-refractivity contribution in [1.82, 2.24) is 20.2 Å². The number of aliphatic carboxylic acids is 2. The zero-order chi connectivity index (χ0) is 29.5. The number of amides is 1. The van der Waals surface area contributed by atoms with Crippen molar-refractivity contribution in [1.29, 1.82) is 0 Å². The molecule has 4 N–H and O–H groups in total. The van der Waals surface area contributed by atoms with Crippen LogP contribution in [0.4, 0.5) is 32.0 Å². The Morgan fingerprint density at radius 2 is 1.54 bits per heavy atom. The van der Waals surface area contributed by atoms with Crippen molar-refractivity contribution in [2.24, 2.45) is 9.98 Å². The number of guanidine groups is 1. The van der Waals surface area contributed by atoms with Crippen LogP contribution in [-0.2, 0) is 9.59 Å². The molecule has 0 radical (unpaired) electrons. The van der Waals surface area contributed by atoms with E-state index in [0.29, 0.717) is 36.1 Å². The maximum Gasteiger partial charge on any atom is 0.490 e. The van der Waals surface area contributed by atoms with Gasteiger partial charge in [0, 0.05) is 24.5 Å². The first-order valence-electron chi connectivity index (χ1n) is 10.1. The standard InChI is InChI=1S/C16H14N6O3.2C2HF3O2/c1-25-13-11(23)3-2-10-12(13)20-16(22-5-4-19-14(10)22)21-15(24)9-6-17-8-18-7-9;2*3-2(4,5)1(6)7/h2-3,6-8,23H,4-5H2,1H3,(H,20,21,24);2*(H,6,7). The molecule has 0 unspecified atom stereocenters. The zero-order valence-corrected chi connectivity index (χ0v) is 19.3. The number of aliphatic imine (C=N–C) groups is 2. The van der Waals surface area contributed by atoms with Crippen molar-refractivity contribution in [3.8, 4) is 11.5 Å². The molecule has 1 aromatic heterocycles. The number of aromatic hydroxyl groups is 1. The number of ether oxygens (including phenoxy) is 1. The van der Waals surface area contributed by atoms with Crippen LogP contribution < -0.4 is 10.1 Å². The summed E-state index contributed by atoms with van der Waals surface area (Å²) in [6.45, 7) is 1.18. The van der Waals surface area contributed by atoms with Crippen molar-refractivity contribution in [3.05, 3.63) is 42.0 Å². The van der Waals surface area contributed by atoms with E-state index in [2.05, 4.69) is 25.3 Å². The van der Waals surface area contributed by atoms with Crippen LogP contribution >= 0.6 is 0 Å². The molecule has 3 heterocycles. The van der Waals surface area contributed by atoms with Gasteiger partial charge in [-0.2, -0.15) is 26.3 Å². The molecule has 2 aliphatic rings. The third-order valence-corrected chi connectivity index (χ3v) is 4.40.